The number of hydrogen-bond donors (Lipinski definition) is 2. The number of carbonyl (C=O) groups excluding carboxylic acids is 1. The van der Waals surface area contributed by atoms with Crippen molar-refractivity contribution in [1.82, 2.24) is 14.5 Å². The minimum Gasteiger partial charge on any atom is -0.328 e. The van der Waals surface area contributed by atoms with Gasteiger partial charge in [-0.15, -0.1) is 0 Å². The molecule has 0 atom stereocenters. The fourth-order valence-corrected chi connectivity index (χ4v) is 3.71. The van der Waals surface area contributed by atoms with Gasteiger partial charge < -0.3 is 14.9 Å². The van der Waals surface area contributed by atoms with E-state index in [2.05, 4.69) is 19.9 Å². The third kappa shape index (κ3) is 3.76. The molecule has 2 N–H and O–H groups in total. The molecule has 28 heavy (non-hydrogen) atoms. The summed E-state index contributed by atoms with van der Waals surface area (Å²) in [5.74, 6) is 0.695. The number of anilines is 1. The second-order valence-electron chi connectivity index (χ2n) is 7.22. The molecular formula is C22H24N4O2. The molecule has 6 heteroatoms. The third-order valence-electron chi connectivity index (χ3n) is 5.09. The van der Waals surface area contributed by atoms with Gasteiger partial charge in [-0.05, 0) is 56.0 Å². The molecule has 6 nitrogen and oxygen atoms in total. The summed E-state index contributed by atoms with van der Waals surface area (Å²) in [5, 5.41) is 2.87. The average Bonchev–Trinajstić information content (AvgIpc) is 3.12. The highest BCUT2D eigenvalue weighted by atomic mass is 16.2. The number of imidazole rings is 1. The van der Waals surface area contributed by atoms with Gasteiger partial charge in [0.25, 0.3) is 5.91 Å². The summed E-state index contributed by atoms with van der Waals surface area (Å²) in [5.41, 5.74) is 3.91. The molecule has 0 bridgehead atoms. The van der Waals surface area contributed by atoms with Gasteiger partial charge in [0, 0.05) is 47.0 Å². The van der Waals surface area contributed by atoms with Gasteiger partial charge in [0.15, 0.2) is 0 Å². The number of nitrogens with one attached hydrogen (secondary N) is 2. The Morgan fingerprint density at radius 2 is 2.04 bits per heavy atom. The number of H-pyrrole nitrogens is 1. The number of aromatic amines is 1. The van der Waals surface area contributed by atoms with Crippen molar-refractivity contribution in [3.63, 3.8) is 0 Å². The first-order valence-electron chi connectivity index (χ1n) is 9.83. The standard InChI is InChI=1S/C22H24N4O2/c1-2-5-18-12-16(13-20(27)24-18)22(28)25-17-9-7-15(8-10-17)21-23-14-19-6-3-4-11-26(19)21/h7-10,12-14H,2-6,11H2,1H3,(H,24,27)(H,25,28). The van der Waals surface area contributed by atoms with Crippen molar-refractivity contribution in [3.05, 3.63) is 69.9 Å². The normalized spacial score (nSPS) is 13.2. The van der Waals surface area contributed by atoms with Crippen LogP contribution in [0.2, 0.25) is 0 Å². The molecule has 0 unspecified atom stereocenters. The number of aryl methyl sites for hydroxylation is 2. The topological polar surface area (TPSA) is 79.8 Å². The number of benzene rings is 1. The second-order valence-corrected chi connectivity index (χ2v) is 7.22. The first kappa shape index (κ1) is 18.2. The number of rotatable bonds is 5. The molecule has 3 heterocycles. The molecule has 0 aliphatic carbocycles. The van der Waals surface area contributed by atoms with Crippen LogP contribution in [0, 0.1) is 0 Å². The first-order valence-corrected chi connectivity index (χ1v) is 9.83. The number of amides is 1. The summed E-state index contributed by atoms with van der Waals surface area (Å²) in [4.78, 5) is 31.7. The number of pyridine rings is 1. The molecule has 3 aromatic rings. The van der Waals surface area contributed by atoms with E-state index >= 15 is 0 Å². The number of fused-ring (bicyclic) bond motifs is 1. The molecule has 0 fully saturated rings. The van der Waals surface area contributed by atoms with E-state index < -0.39 is 0 Å². The average molecular weight is 376 g/mol. The molecule has 1 amide bonds. The summed E-state index contributed by atoms with van der Waals surface area (Å²) in [6, 6.07) is 10.8. The molecule has 0 saturated carbocycles. The van der Waals surface area contributed by atoms with E-state index in [9.17, 15) is 9.59 Å². The van der Waals surface area contributed by atoms with Crippen LogP contribution in [0.25, 0.3) is 11.4 Å². The van der Waals surface area contributed by atoms with Crippen LogP contribution in [-0.2, 0) is 19.4 Å². The lowest BCUT2D eigenvalue weighted by atomic mass is 10.1. The molecule has 144 valence electrons. The van der Waals surface area contributed by atoms with Crippen molar-refractivity contribution in [1.29, 1.82) is 0 Å². The molecule has 0 saturated heterocycles. The van der Waals surface area contributed by atoms with E-state index in [1.165, 1.54) is 24.6 Å². The van der Waals surface area contributed by atoms with Crippen molar-refractivity contribution < 1.29 is 4.79 Å². The first-order chi connectivity index (χ1) is 13.6. The van der Waals surface area contributed by atoms with Crippen molar-refractivity contribution in [2.75, 3.05) is 5.32 Å². The SMILES string of the molecule is CCCc1cc(C(=O)Nc2ccc(-c3ncc4n3CCCC4)cc2)cc(=O)[nH]1. The van der Waals surface area contributed by atoms with Crippen molar-refractivity contribution in [2.24, 2.45) is 0 Å². The second kappa shape index (κ2) is 7.84. The largest absolute Gasteiger partial charge is 0.328 e. The maximum absolute atomic E-state index is 12.5. The van der Waals surface area contributed by atoms with Crippen LogP contribution in [0.1, 0.15) is 47.9 Å². The van der Waals surface area contributed by atoms with Crippen LogP contribution in [0.5, 0.6) is 0 Å². The van der Waals surface area contributed by atoms with Gasteiger partial charge >= 0.3 is 0 Å². The number of aromatic nitrogens is 3. The third-order valence-corrected chi connectivity index (χ3v) is 5.09. The van der Waals surface area contributed by atoms with Gasteiger partial charge in [-0.2, -0.15) is 0 Å². The Morgan fingerprint density at radius 3 is 2.82 bits per heavy atom. The predicted octanol–water partition coefficient (Wildman–Crippen LogP) is 3.78. The zero-order chi connectivity index (χ0) is 19.5. The molecule has 4 rings (SSSR count). The number of nitrogens with zero attached hydrogens (tertiary/aromatic N) is 2. The van der Waals surface area contributed by atoms with Gasteiger partial charge in [-0.3, -0.25) is 9.59 Å². The van der Waals surface area contributed by atoms with Crippen LogP contribution < -0.4 is 10.9 Å². The van der Waals surface area contributed by atoms with Crippen LogP contribution in [0.15, 0.2) is 47.4 Å². The number of carbonyl (C=O) groups is 1. The van der Waals surface area contributed by atoms with Crippen molar-refractivity contribution >= 4 is 11.6 Å². The molecule has 0 spiro atoms. The number of hydrogen-bond acceptors (Lipinski definition) is 3. The highest BCUT2D eigenvalue weighted by molar-refractivity contribution is 6.04. The van der Waals surface area contributed by atoms with E-state index in [4.69, 9.17) is 0 Å². The highest BCUT2D eigenvalue weighted by Crippen LogP contribution is 2.25. The fraction of sp³-hybridized carbons (Fsp3) is 0.318. The summed E-state index contributed by atoms with van der Waals surface area (Å²) in [6.07, 6.45) is 7.08. The lowest BCUT2D eigenvalue weighted by Crippen LogP contribution is -2.17. The Balaban J connectivity index is 1.51. The van der Waals surface area contributed by atoms with Crippen LogP contribution in [0.4, 0.5) is 5.69 Å². The Morgan fingerprint density at radius 1 is 1.21 bits per heavy atom. The predicted molar refractivity (Wildman–Crippen MR) is 110 cm³/mol. The van der Waals surface area contributed by atoms with Crippen molar-refractivity contribution in [3.8, 4) is 11.4 Å². The minimum absolute atomic E-state index is 0.254. The lowest BCUT2D eigenvalue weighted by Gasteiger charge is -2.16. The quantitative estimate of drug-likeness (QED) is 0.711. The smallest absolute Gasteiger partial charge is 0.255 e. The van der Waals surface area contributed by atoms with E-state index in [0.29, 0.717) is 11.3 Å². The summed E-state index contributed by atoms with van der Waals surface area (Å²) in [7, 11) is 0. The van der Waals surface area contributed by atoms with Crippen LogP contribution in [-0.4, -0.2) is 20.4 Å². The summed E-state index contributed by atoms with van der Waals surface area (Å²) in [6.45, 7) is 3.04. The van der Waals surface area contributed by atoms with Gasteiger partial charge in [0.05, 0.1) is 0 Å². The zero-order valence-electron chi connectivity index (χ0n) is 16.0. The molecular weight excluding hydrogens is 352 g/mol. The Bertz CT molecular complexity index is 1050. The summed E-state index contributed by atoms with van der Waals surface area (Å²) >= 11 is 0. The Kier molecular flexibility index (Phi) is 5.10. The van der Waals surface area contributed by atoms with E-state index in [0.717, 1.165) is 42.9 Å². The maximum atomic E-state index is 12.5. The lowest BCUT2D eigenvalue weighted by molar-refractivity contribution is 0.102. The van der Waals surface area contributed by atoms with Crippen LogP contribution >= 0.6 is 0 Å². The van der Waals surface area contributed by atoms with Gasteiger partial charge in [0.1, 0.15) is 5.82 Å². The monoisotopic (exact) mass is 376 g/mol. The van der Waals surface area contributed by atoms with Gasteiger partial charge in [-0.1, -0.05) is 13.3 Å². The van der Waals surface area contributed by atoms with E-state index in [1.54, 1.807) is 6.07 Å². The Hall–Kier alpha value is -3.15. The molecule has 2 aromatic heterocycles. The van der Waals surface area contributed by atoms with Gasteiger partial charge in [0.2, 0.25) is 5.56 Å². The zero-order valence-corrected chi connectivity index (χ0v) is 16.0. The molecule has 1 aliphatic heterocycles. The van der Waals surface area contributed by atoms with Crippen molar-refractivity contribution in [2.45, 2.75) is 45.6 Å². The summed E-state index contributed by atoms with van der Waals surface area (Å²) < 4.78 is 2.28. The molecule has 1 aromatic carbocycles. The fourth-order valence-electron chi connectivity index (χ4n) is 3.71. The van der Waals surface area contributed by atoms with E-state index in [-0.39, 0.29) is 11.5 Å². The minimum atomic E-state index is -0.283. The highest BCUT2D eigenvalue weighted by Gasteiger charge is 2.15. The van der Waals surface area contributed by atoms with Gasteiger partial charge in [-0.25, -0.2) is 4.98 Å². The van der Waals surface area contributed by atoms with Crippen LogP contribution in [0.3, 0.4) is 0 Å². The van der Waals surface area contributed by atoms with E-state index in [1.807, 2.05) is 37.4 Å². The molecule has 0 radical (unpaired) electrons. The Labute approximate surface area is 163 Å². The maximum Gasteiger partial charge on any atom is 0.255 e. The molecule has 1 aliphatic rings.